The molecule has 0 aliphatic heterocycles. The molecule has 0 amide bonds. The molecule has 0 saturated carbocycles. The number of nitrogen functional groups attached to an aromatic ring is 1. The molecule has 0 fully saturated rings. The fourth-order valence-electron chi connectivity index (χ4n) is 2.43. The Balaban J connectivity index is 2.23. The molecule has 0 unspecified atom stereocenters. The van der Waals surface area contributed by atoms with Crippen LogP contribution in [-0.2, 0) is 7.05 Å². The summed E-state index contributed by atoms with van der Waals surface area (Å²) in [5, 5.41) is 5.29. The number of nitrogens with two attached hydrogens (primary N) is 1. The molecule has 2 aromatic carbocycles. The van der Waals surface area contributed by atoms with Crippen molar-refractivity contribution in [2.45, 2.75) is 6.92 Å². The third-order valence-electron chi connectivity index (χ3n) is 3.52. The highest BCUT2D eigenvalue weighted by Gasteiger charge is 2.17. The van der Waals surface area contributed by atoms with Crippen LogP contribution in [0.4, 0.5) is 5.82 Å². The molecule has 0 aliphatic carbocycles. The molecule has 3 rings (SSSR count). The Bertz CT molecular complexity index is 788. The number of aryl methyl sites for hydroxylation is 2. The summed E-state index contributed by atoms with van der Waals surface area (Å²) in [6, 6.07) is 15.9. The molecule has 0 bridgehead atoms. The van der Waals surface area contributed by atoms with Crippen molar-refractivity contribution in [1.29, 1.82) is 0 Å². The van der Waals surface area contributed by atoms with Crippen LogP contribution in [0.25, 0.3) is 22.4 Å². The van der Waals surface area contributed by atoms with E-state index in [0.29, 0.717) is 10.8 Å². The summed E-state index contributed by atoms with van der Waals surface area (Å²) in [5.41, 5.74) is 11.3. The molecule has 2 N–H and O–H groups in total. The van der Waals surface area contributed by atoms with Crippen molar-refractivity contribution < 1.29 is 0 Å². The fraction of sp³-hybridized carbons (Fsp3) is 0.118. The zero-order chi connectivity index (χ0) is 15.0. The molecule has 1 heterocycles. The van der Waals surface area contributed by atoms with Crippen molar-refractivity contribution >= 4 is 17.4 Å². The van der Waals surface area contributed by atoms with Crippen molar-refractivity contribution in [2.75, 3.05) is 5.73 Å². The summed E-state index contributed by atoms with van der Waals surface area (Å²) in [6.07, 6.45) is 0. The lowest BCUT2D eigenvalue weighted by atomic mass is 10.00. The number of anilines is 1. The van der Waals surface area contributed by atoms with Crippen molar-refractivity contribution in [2.24, 2.45) is 7.05 Å². The Labute approximate surface area is 129 Å². The molecular formula is C17H16ClN3. The molecule has 0 radical (unpaired) electrons. The Morgan fingerprint density at radius 1 is 1.05 bits per heavy atom. The van der Waals surface area contributed by atoms with Gasteiger partial charge in [0.25, 0.3) is 0 Å². The quantitative estimate of drug-likeness (QED) is 0.766. The molecular weight excluding hydrogens is 282 g/mol. The van der Waals surface area contributed by atoms with Crippen LogP contribution in [0.15, 0.2) is 48.5 Å². The molecule has 1 aromatic heterocycles. The topological polar surface area (TPSA) is 43.8 Å². The van der Waals surface area contributed by atoms with E-state index >= 15 is 0 Å². The largest absolute Gasteiger partial charge is 0.383 e. The van der Waals surface area contributed by atoms with E-state index in [9.17, 15) is 0 Å². The van der Waals surface area contributed by atoms with Crippen molar-refractivity contribution in [3.63, 3.8) is 0 Å². The number of halogens is 1. The maximum atomic E-state index is 6.22. The Kier molecular flexibility index (Phi) is 3.43. The first kappa shape index (κ1) is 13.7. The predicted molar refractivity (Wildman–Crippen MR) is 88.2 cm³/mol. The summed E-state index contributed by atoms with van der Waals surface area (Å²) in [7, 11) is 1.86. The minimum absolute atomic E-state index is 0.647. The standard InChI is InChI=1S/C17H16ClN3/c1-11-4-3-5-13(10-11)16-15(17(19)21(2)20-16)12-6-8-14(18)9-7-12/h3-10H,19H2,1-2H3. The van der Waals surface area contributed by atoms with Gasteiger partial charge in [0.15, 0.2) is 0 Å². The monoisotopic (exact) mass is 297 g/mol. The summed E-state index contributed by atoms with van der Waals surface area (Å²) in [5.74, 6) is 0.647. The van der Waals surface area contributed by atoms with Crippen molar-refractivity contribution in [3.8, 4) is 22.4 Å². The smallest absolute Gasteiger partial charge is 0.129 e. The number of aromatic nitrogens is 2. The summed E-state index contributed by atoms with van der Waals surface area (Å²) < 4.78 is 1.71. The van der Waals surface area contributed by atoms with E-state index in [2.05, 4.69) is 24.2 Å². The third kappa shape index (κ3) is 2.52. The van der Waals surface area contributed by atoms with Crippen LogP contribution in [0, 0.1) is 6.92 Å². The molecule has 3 aromatic rings. The first-order chi connectivity index (χ1) is 10.1. The highest BCUT2D eigenvalue weighted by atomic mass is 35.5. The minimum atomic E-state index is 0.647. The van der Waals surface area contributed by atoms with Crippen molar-refractivity contribution in [1.82, 2.24) is 9.78 Å². The Morgan fingerprint density at radius 3 is 2.43 bits per heavy atom. The summed E-state index contributed by atoms with van der Waals surface area (Å²) in [6.45, 7) is 2.07. The van der Waals surface area contributed by atoms with Crippen LogP contribution in [-0.4, -0.2) is 9.78 Å². The predicted octanol–water partition coefficient (Wildman–Crippen LogP) is 4.30. The highest BCUT2D eigenvalue weighted by Crippen LogP contribution is 2.36. The van der Waals surface area contributed by atoms with E-state index in [1.807, 2.05) is 43.4 Å². The normalized spacial score (nSPS) is 10.8. The van der Waals surface area contributed by atoms with E-state index in [1.54, 1.807) is 4.68 Å². The SMILES string of the molecule is Cc1cccc(-c2nn(C)c(N)c2-c2ccc(Cl)cc2)c1. The Morgan fingerprint density at radius 2 is 1.76 bits per heavy atom. The number of hydrogen-bond acceptors (Lipinski definition) is 2. The number of benzene rings is 2. The fourth-order valence-corrected chi connectivity index (χ4v) is 2.56. The zero-order valence-electron chi connectivity index (χ0n) is 12.0. The van der Waals surface area contributed by atoms with Gasteiger partial charge >= 0.3 is 0 Å². The molecule has 21 heavy (non-hydrogen) atoms. The molecule has 0 spiro atoms. The van der Waals surface area contributed by atoms with E-state index in [-0.39, 0.29) is 0 Å². The first-order valence-electron chi connectivity index (χ1n) is 6.71. The maximum Gasteiger partial charge on any atom is 0.129 e. The molecule has 0 saturated heterocycles. The van der Waals surface area contributed by atoms with Crippen LogP contribution in [0.2, 0.25) is 5.02 Å². The zero-order valence-corrected chi connectivity index (χ0v) is 12.7. The number of hydrogen-bond donors (Lipinski definition) is 1. The first-order valence-corrected chi connectivity index (χ1v) is 7.09. The lowest BCUT2D eigenvalue weighted by Gasteiger charge is -2.05. The molecule has 106 valence electrons. The summed E-state index contributed by atoms with van der Waals surface area (Å²) >= 11 is 5.97. The third-order valence-corrected chi connectivity index (χ3v) is 3.77. The van der Waals surface area contributed by atoms with E-state index in [4.69, 9.17) is 17.3 Å². The van der Waals surface area contributed by atoms with E-state index in [1.165, 1.54) is 5.56 Å². The van der Waals surface area contributed by atoms with Gasteiger partial charge < -0.3 is 5.73 Å². The average molecular weight is 298 g/mol. The molecule has 4 heteroatoms. The summed E-state index contributed by atoms with van der Waals surface area (Å²) in [4.78, 5) is 0. The van der Waals surface area contributed by atoms with Crippen molar-refractivity contribution in [3.05, 3.63) is 59.1 Å². The second-order valence-corrected chi connectivity index (χ2v) is 5.55. The number of nitrogens with zero attached hydrogens (tertiary/aromatic N) is 2. The van der Waals surface area contributed by atoms with Crippen LogP contribution in [0.3, 0.4) is 0 Å². The lowest BCUT2D eigenvalue weighted by molar-refractivity contribution is 0.782. The highest BCUT2D eigenvalue weighted by molar-refractivity contribution is 6.30. The minimum Gasteiger partial charge on any atom is -0.383 e. The van der Waals surface area contributed by atoms with Crippen LogP contribution < -0.4 is 5.73 Å². The van der Waals surface area contributed by atoms with Gasteiger partial charge in [-0.2, -0.15) is 5.10 Å². The lowest BCUT2D eigenvalue weighted by Crippen LogP contribution is -1.97. The van der Waals surface area contributed by atoms with Crippen LogP contribution >= 0.6 is 11.6 Å². The van der Waals surface area contributed by atoms with Gasteiger partial charge in [0.05, 0.1) is 5.56 Å². The van der Waals surface area contributed by atoms with Crippen LogP contribution in [0.5, 0.6) is 0 Å². The van der Waals surface area contributed by atoms with Gasteiger partial charge in [0.2, 0.25) is 0 Å². The number of rotatable bonds is 2. The van der Waals surface area contributed by atoms with Gasteiger partial charge in [-0.3, -0.25) is 4.68 Å². The second kappa shape index (κ2) is 5.26. The molecule has 0 atom stereocenters. The van der Waals surface area contributed by atoms with Gasteiger partial charge in [-0.25, -0.2) is 0 Å². The Hall–Kier alpha value is -2.26. The van der Waals surface area contributed by atoms with Gasteiger partial charge in [-0.15, -0.1) is 0 Å². The van der Waals surface area contributed by atoms with E-state index < -0.39 is 0 Å². The van der Waals surface area contributed by atoms with Crippen LogP contribution in [0.1, 0.15) is 5.56 Å². The van der Waals surface area contributed by atoms with Gasteiger partial charge in [-0.1, -0.05) is 47.5 Å². The maximum absolute atomic E-state index is 6.22. The molecule has 3 nitrogen and oxygen atoms in total. The van der Waals surface area contributed by atoms with Gasteiger partial charge in [-0.05, 0) is 30.7 Å². The second-order valence-electron chi connectivity index (χ2n) is 5.11. The average Bonchev–Trinajstić information content (AvgIpc) is 2.76. The molecule has 0 aliphatic rings. The van der Waals surface area contributed by atoms with Gasteiger partial charge in [0.1, 0.15) is 11.5 Å². The van der Waals surface area contributed by atoms with Gasteiger partial charge in [0, 0.05) is 17.6 Å². The van der Waals surface area contributed by atoms with E-state index in [0.717, 1.165) is 22.4 Å².